The molecule has 0 fully saturated rings. The van der Waals surface area contributed by atoms with Crippen molar-refractivity contribution in [3.63, 3.8) is 0 Å². The molecule has 0 spiro atoms. The van der Waals surface area contributed by atoms with E-state index in [1.54, 1.807) is 12.1 Å². The molecule has 3 rings (SSSR count). The Morgan fingerprint density at radius 2 is 1.12 bits per heavy atom. The largest absolute Gasteiger partial charge is 0.478 e. The summed E-state index contributed by atoms with van der Waals surface area (Å²) in [5.74, 6) is -0.963. The van der Waals surface area contributed by atoms with Crippen LogP contribution in [-0.4, -0.2) is 11.1 Å². The van der Waals surface area contributed by atoms with E-state index in [2.05, 4.69) is 0 Å². The number of rotatable bonds is 4. The number of carboxylic acids is 1. The van der Waals surface area contributed by atoms with Gasteiger partial charge in [0.05, 0.1) is 5.57 Å². The van der Waals surface area contributed by atoms with Gasteiger partial charge in [0.2, 0.25) is 0 Å². The standard InChI is InChI=1S/C21H15ClO2/c22-18-13-11-17(12-14-18)19(15-7-3-1-4-8-15)20(21(23)24)16-9-5-2-6-10-16/h1-14H,(H,23,24)/b20-19+. The molecule has 0 aromatic heterocycles. The molecular weight excluding hydrogens is 320 g/mol. The smallest absolute Gasteiger partial charge is 0.336 e. The normalized spacial score (nSPS) is 11.7. The topological polar surface area (TPSA) is 37.3 Å². The first kappa shape index (κ1) is 16.0. The lowest BCUT2D eigenvalue weighted by Gasteiger charge is -2.14. The Morgan fingerprint density at radius 3 is 1.62 bits per heavy atom. The summed E-state index contributed by atoms with van der Waals surface area (Å²) in [5.41, 5.74) is 3.27. The Morgan fingerprint density at radius 1 is 0.667 bits per heavy atom. The van der Waals surface area contributed by atoms with E-state index in [0.717, 1.165) is 11.1 Å². The van der Waals surface area contributed by atoms with Crippen LogP contribution in [0, 0.1) is 0 Å². The second-order valence-electron chi connectivity index (χ2n) is 5.29. The minimum atomic E-state index is -0.963. The number of carbonyl (C=O) groups is 1. The van der Waals surface area contributed by atoms with E-state index in [0.29, 0.717) is 16.2 Å². The summed E-state index contributed by atoms with van der Waals surface area (Å²) in [7, 11) is 0. The Balaban J connectivity index is 2.33. The molecule has 24 heavy (non-hydrogen) atoms. The van der Waals surface area contributed by atoms with E-state index < -0.39 is 5.97 Å². The predicted octanol–water partition coefficient (Wildman–Crippen LogP) is 5.38. The third-order valence-electron chi connectivity index (χ3n) is 3.72. The fourth-order valence-electron chi connectivity index (χ4n) is 2.66. The van der Waals surface area contributed by atoms with E-state index in [1.165, 1.54) is 0 Å². The van der Waals surface area contributed by atoms with Gasteiger partial charge in [-0.3, -0.25) is 0 Å². The van der Waals surface area contributed by atoms with E-state index in [-0.39, 0.29) is 5.57 Å². The molecule has 2 nitrogen and oxygen atoms in total. The van der Waals surface area contributed by atoms with Crippen LogP contribution >= 0.6 is 11.6 Å². The predicted molar refractivity (Wildman–Crippen MR) is 97.9 cm³/mol. The number of hydrogen-bond acceptors (Lipinski definition) is 1. The molecule has 118 valence electrons. The lowest BCUT2D eigenvalue weighted by atomic mass is 9.89. The van der Waals surface area contributed by atoms with E-state index >= 15 is 0 Å². The Hall–Kier alpha value is -2.84. The molecule has 3 aromatic rings. The zero-order chi connectivity index (χ0) is 16.9. The minimum absolute atomic E-state index is 0.268. The van der Waals surface area contributed by atoms with Crippen molar-refractivity contribution < 1.29 is 9.90 Å². The molecule has 0 radical (unpaired) electrons. The van der Waals surface area contributed by atoms with Crippen LogP contribution < -0.4 is 0 Å². The molecule has 0 aliphatic carbocycles. The van der Waals surface area contributed by atoms with Gasteiger partial charge in [-0.1, -0.05) is 84.4 Å². The number of aliphatic carboxylic acids is 1. The van der Waals surface area contributed by atoms with Gasteiger partial charge in [0, 0.05) is 10.6 Å². The molecule has 1 N–H and O–H groups in total. The van der Waals surface area contributed by atoms with Gasteiger partial charge in [0.15, 0.2) is 0 Å². The second-order valence-corrected chi connectivity index (χ2v) is 5.73. The zero-order valence-corrected chi connectivity index (χ0v) is 13.6. The van der Waals surface area contributed by atoms with Gasteiger partial charge in [-0.25, -0.2) is 4.79 Å². The average molecular weight is 335 g/mol. The first-order valence-corrected chi connectivity index (χ1v) is 7.89. The van der Waals surface area contributed by atoms with Crippen LogP contribution in [0.3, 0.4) is 0 Å². The van der Waals surface area contributed by atoms with E-state index in [4.69, 9.17) is 11.6 Å². The summed E-state index contributed by atoms with van der Waals surface area (Å²) in [6.45, 7) is 0. The molecule has 0 aliphatic heterocycles. The van der Waals surface area contributed by atoms with Crippen LogP contribution in [0.4, 0.5) is 0 Å². The highest BCUT2D eigenvalue weighted by atomic mass is 35.5. The van der Waals surface area contributed by atoms with Gasteiger partial charge in [0.25, 0.3) is 0 Å². The Labute approximate surface area is 145 Å². The van der Waals surface area contributed by atoms with Crippen molar-refractivity contribution in [2.24, 2.45) is 0 Å². The van der Waals surface area contributed by atoms with Gasteiger partial charge in [-0.05, 0) is 28.8 Å². The van der Waals surface area contributed by atoms with Crippen LogP contribution in [-0.2, 0) is 4.79 Å². The SMILES string of the molecule is O=C(O)/C(=C(\c1ccccc1)c1ccc(Cl)cc1)c1ccccc1. The molecule has 0 heterocycles. The number of hydrogen-bond donors (Lipinski definition) is 1. The first-order chi connectivity index (χ1) is 11.7. The molecule has 0 bridgehead atoms. The van der Waals surface area contributed by atoms with Gasteiger partial charge in [0.1, 0.15) is 0 Å². The highest BCUT2D eigenvalue weighted by Crippen LogP contribution is 2.33. The van der Waals surface area contributed by atoms with Crippen LogP contribution in [0.1, 0.15) is 16.7 Å². The van der Waals surface area contributed by atoms with Gasteiger partial charge in [-0.15, -0.1) is 0 Å². The third kappa shape index (κ3) is 3.39. The Bertz CT molecular complexity index is 867. The second kappa shape index (κ2) is 7.16. The molecular formula is C21H15ClO2. The molecule has 0 atom stereocenters. The number of halogens is 1. The van der Waals surface area contributed by atoms with Crippen molar-refractivity contribution >= 4 is 28.7 Å². The fraction of sp³-hybridized carbons (Fsp3) is 0. The van der Waals surface area contributed by atoms with Crippen molar-refractivity contribution in [3.05, 3.63) is 107 Å². The minimum Gasteiger partial charge on any atom is -0.478 e. The van der Waals surface area contributed by atoms with E-state index in [1.807, 2.05) is 72.8 Å². The summed E-state index contributed by atoms with van der Waals surface area (Å²) in [6, 6.07) is 25.9. The van der Waals surface area contributed by atoms with Crippen LogP contribution in [0.15, 0.2) is 84.9 Å². The van der Waals surface area contributed by atoms with Crippen molar-refractivity contribution in [2.75, 3.05) is 0 Å². The first-order valence-electron chi connectivity index (χ1n) is 7.51. The summed E-state index contributed by atoms with van der Waals surface area (Å²) >= 11 is 5.99. The van der Waals surface area contributed by atoms with Gasteiger partial charge < -0.3 is 5.11 Å². The maximum Gasteiger partial charge on any atom is 0.336 e. The lowest BCUT2D eigenvalue weighted by molar-refractivity contribution is -0.130. The Kier molecular flexibility index (Phi) is 4.78. The van der Waals surface area contributed by atoms with Gasteiger partial charge in [-0.2, -0.15) is 0 Å². The van der Waals surface area contributed by atoms with Crippen LogP contribution in [0.5, 0.6) is 0 Å². The molecule has 3 aromatic carbocycles. The number of carboxylic acid groups (broad SMARTS) is 1. The fourth-order valence-corrected chi connectivity index (χ4v) is 2.78. The van der Waals surface area contributed by atoms with Crippen molar-refractivity contribution in [1.29, 1.82) is 0 Å². The quantitative estimate of drug-likeness (QED) is 0.513. The van der Waals surface area contributed by atoms with Crippen molar-refractivity contribution in [3.8, 4) is 0 Å². The highest BCUT2D eigenvalue weighted by Gasteiger charge is 2.19. The summed E-state index contributed by atoms with van der Waals surface area (Å²) in [4.78, 5) is 12.1. The molecule has 0 saturated heterocycles. The lowest BCUT2D eigenvalue weighted by Crippen LogP contribution is -2.05. The zero-order valence-electron chi connectivity index (χ0n) is 12.8. The highest BCUT2D eigenvalue weighted by molar-refractivity contribution is 6.30. The molecule has 3 heteroatoms. The van der Waals surface area contributed by atoms with Crippen molar-refractivity contribution in [1.82, 2.24) is 0 Å². The maximum absolute atomic E-state index is 12.1. The summed E-state index contributed by atoms with van der Waals surface area (Å²) in [6.07, 6.45) is 0. The molecule has 0 amide bonds. The van der Waals surface area contributed by atoms with Gasteiger partial charge >= 0.3 is 5.97 Å². The third-order valence-corrected chi connectivity index (χ3v) is 3.97. The summed E-state index contributed by atoms with van der Waals surface area (Å²) < 4.78 is 0. The van der Waals surface area contributed by atoms with Crippen molar-refractivity contribution in [2.45, 2.75) is 0 Å². The monoisotopic (exact) mass is 334 g/mol. The van der Waals surface area contributed by atoms with Crippen LogP contribution in [0.25, 0.3) is 11.1 Å². The average Bonchev–Trinajstić information content (AvgIpc) is 2.62. The maximum atomic E-state index is 12.1. The number of benzene rings is 3. The molecule has 0 saturated carbocycles. The molecule has 0 unspecified atom stereocenters. The summed E-state index contributed by atoms with van der Waals surface area (Å²) in [5, 5.41) is 10.5. The van der Waals surface area contributed by atoms with E-state index in [9.17, 15) is 9.90 Å². The molecule has 0 aliphatic rings. The van der Waals surface area contributed by atoms with Crippen LogP contribution in [0.2, 0.25) is 5.02 Å².